The van der Waals surface area contributed by atoms with Gasteiger partial charge in [0.15, 0.2) is 6.10 Å². The first-order valence-corrected chi connectivity index (χ1v) is 9.46. The molecule has 0 saturated carbocycles. The molecule has 146 valence electrons. The predicted molar refractivity (Wildman–Crippen MR) is 113 cm³/mol. The number of carbonyl (C=O) groups excluding carboxylic acids is 2. The summed E-state index contributed by atoms with van der Waals surface area (Å²) in [5, 5.41) is 13.8. The molecule has 3 aromatic carbocycles. The van der Waals surface area contributed by atoms with Crippen molar-refractivity contribution in [3.8, 4) is 5.75 Å². The number of carbonyl (C=O) groups is 2. The molecule has 0 heterocycles. The van der Waals surface area contributed by atoms with Crippen LogP contribution in [0.1, 0.15) is 27.6 Å². The molecule has 1 amide bonds. The molecule has 0 aliphatic carbocycles. The first-order valence-electron chi connectivity index (χ1n) is 8.66. The highest BCUT2D eigenvalue weighted by Crippen LogP contribution is 2.16. The molecule has 1 atom stereocenters. The Kier molecular flexibility index (Phi) is 6.89. The minimum absolute atomic E-state index is 0.388. The Bertz CT molecular complexity index is 1000. The zero-order valence-electron chi connectivity index (χ0n) is 15.2. The summed E-state index contributed by atoms with van der Waals surface area (Å²) in [5.41, 5.74) is 3.90. The smallest absolute Gasteiger partial charge is 0.343 e. The number of esters is 1. The summed E-state index contributed by atoms with van der Waals surface area (Å²) < 4.78 is 6.19. The van der Waals surface area contributed by atoms with Gasteiger partial charge >= 0.3 is 5.97 Å². The molecular formula is C22H17BrN2O4. The van der Waals surface area contributed by atoms with Gasteiger partial charge in [0.25, 0.3) is 5.91 Å². The summed E-state index contributed by atoms with van der Waals surface area (Å²) in [5.74, 6) is -0.702. The van der Waals surface area contributed by atoms with Crippen molar-refractivity contribution in [1.82, 2.24) is 5.43 Å². The van der Waals surface area contributed by atoms with E-state index >= 15 is 0 Å². The Morgan fingerprint density at radius 2 is 1.62 bits per heavy atom. The summed E-state index contributed by atoms with van der Waals surface area (Å²) in [6, 6.07) is 22.1. The van der Waals surface area contributed by atoms with E-state index in [0.717, 1.165) is 4.47 Å². The van der Waals surface area contributed by atoms with Gasteiger partial charge in [0, 0.05) is 4.47 Å². The van der Waals surface area contributed by atoms with Crippen molar-refractivity contribution in [3.05, 3.63) is 100 Å². The minimum Gasteiger partial charge on any atom is -0.423 e. The maximum Gasteiger partial charge on any atom is 0.343 e. The van der Waals surface area contributed by atoms with Crippen molar-refractivity contribution in [1.29, 1.82) is 0 Å². The topological polar surface area (TPSA) is 88.0 Å². The molecule has 2 N–H and O–H groups in total. The van der Waals surface area contributed by atoms with E-state index in [0.29, 0.717) is 22.4 Å². The van der Waals surface area contributed by atoms with Crippen LogP contribution in [0.25, 0.3) is 0 Å². The van der Waals surface area contributed by atoms with E-state index in [2.05, 4.69) is 26.5 Å². The van der Waals surface area contributed by atoms with E-state index in [1.54, 1.807) is 78.9 Å². The van der Waals surface area contributed by atoms with Crippen LogP contribution in [-0.4, -0.2) is 23.2 Å². The number of nitrogens with one attached hydrogen (secondary N) is 1. The number of aliphatic hydroxyl groups is 1. The highest BCUT2D eigenvalue weighted by molar-refractivity contribution is 9.10. The van der Waals surface area contributed by atoms with Gasteiger partial charge in [-0.25, -0.2) is 10.2 Å². The fourth-order valence-corrected chi connectivity index (χ4v) is 2.66. The molecule has 7 heteroatoms. The number of halogens is 1. The summed E-state index contributed by atoms with van der Waals surface area (Å²) >= 11 is 3.31. The standard InChI is InChI=1S/C22H17BrN2O4/c23-18-10-8-17(9-11-18)22(28)29-19-12-6-15(7-13-19)14-24-25-21(27)20(26)16-4-2-1-3-5-16/h1-14,20,26H,(H,25,27)/b24-14-/t20-/m1/s1. The molecule has 0 unspecified atom stereocenters. The largest absolute Gasteiger partial charge is 0.423 e. The third kappa shape index (κ3) is 5.84. The number of nitrogens with zero attached hydrogens (tertiary/aromatic N) is 1. The Hall–Kier alpha value is -3.29. The van der Waals surface area contributed by atoms with Crippen LogP contribution in [0.3, 0.4) is 0 Å². The molecule has 3 aromatic rings. The van der Waals surface area contributed by atoms with Gasteiger partial charge in [-0.1, -0.05) is 46.3 Å². The predicted octanol–water partition coefficient (Wildman–Crippen LogP) is 3.85. The van der Waals surface area contributed by atoms with Gasteiger partial charge in [0.1, 0.15) is 5.75 Å². The van der Waals surface area contributed by atoms with Crippen molar-refractivity contribution in [2.45, 2.75) is 6.10 Å². The number of aliphatic hydroxyl groups excluding tert-OH is 1. The van der Waals surface area contributed by atoms with Crippen LogP contribution < -0.4 is 10.2 Å². The van der Waals surface area contributed by atoms with Gasteiger partial charge in [-0.05, 0) is 59.7 Å². The molecule has 0 aromatic heterocycles. The van der Waals surface area contributed by atoms with Crippen LogP contribution >= 0.6 is 15.9 Å². The van der Waals surface area contributed by atoms with Gasteiger partial charge in [-0.2, -0.15) is 5.10 Å². The monoisotopic (exact) mass is 452 g/mol. The van der Waals surface area contributed by atoms with Gasteiger partial charge in [0.2, 0.25) is 0 Å². The lowest BCUT2D eigenvalue weighted by atomic mass is 10.1. The normalized spacial score (nSPS) is 11.8. The van der Waals surface area contributed by atoms with Crippen molar-refractivity contribution < 1.29 is 19.4 Å². The molecule has 0 aliphatic heterocycles. The van der Waals surface area contributed by atoms with Crippen LogP contribution in [0.5, 0.6) is 5.75 Å². The first-order chi connectivity index (χ1) is 14.0. The minimum atomic E-state index is -1.30. The van der Waals surface area contributed by atoms with Gasteiger partial charge in [0.05, 0.1) is 11.8 Å². The molecular weight excluding hydrogens is 436 g/mol. The lowest BCUT2D eigenvalue weighted by molar-refractivity contribution is -0.129. The molecule has 0 spiro atoms. The highest BCUT2D eigenvalue weighted by Gasteiger charge is 2.15. The molecule has 6 nitrogen and oxygen atoms in total. The van der Waals surface area contributed by atoms with E-state index in [4.69, 9.17) is 4.74 Å². The zero-order chi connectivity index (χ0) is 20.6. The van der Waals surface area contributed by atoms with Crippen LogP contribution in [0.2, 0.25) is 0 Å². The third-order valence-electron chi connectivity index (χ3n) is 3.92. The quantitative estimate of drug-likeness (QED) is 0.257. The maximum atomic E-state index is 12.1. The lowest BCUT2D eigenvalue weighted by Gasteiger charge is -2.08. The second kappa shape index (κ2) is 9.77. The third-order valence-corrected chi connectivity index (χ3v) is 4.45. The molecule has 0 fully saturated rings. The van der Waals surface area contributed by atoms with Crippen molar-refractivity contribution >= 4 is 34.0 Å². The van der Waals surface area contributed by atoms with E-state index < -0.39 is 18.0 Å². The molecule has 0 bridgehead atoms. The summed E-state index contributed by atoms with van der Waals surface area (Å²) in [6.07, 6.45) is 0.129. The first kappa shape index (κ1) is 20.4. The van der Waals surface area contributed by atoms with Crippen LogP contribution in [0.15, 0.2) is 88.4 Å². The van der Waals surface area contributed by atoms with Crippen molar-refractivity contribution in [2.24, 2.45) is 5.10 Å². The van der Waals surface area contributed by atoms with Crippen molar-refractivity contribution in [2.75, 3.05) is 0 Å². The van der Waals surface area contributed by atoms with Gasteiger partial charge < -0.3 is 9.84 Å². The maximum absolute atomic E-state index is 12.1. The SMILES string of the molecule is O=C(Oc1ccc(/C=N\NC(=O)[C@H](O)c2ccccc2)cc1)c1ccc(Br)cc1. The molecule has 29 heavy (non-hydrogen) atoms. The number of benzene rings is 3. The number of rotatable bonds is 6. The van der Waals surface area contributed by atoms with Crippen LogP contribution in [-0.2, 0) is 4.79 Å². The summed E-state index contributed by atoms with van der Waals surface area (Å²) in [6.45, 7) is 0. The fourth-order valence-electron chi connectivity index (χ4n) is 2.39. The number of amides is 1. The second-order valence-corrected chi connectivity index (χ2v) is 6.93. The summed E-state index contributed by atoms with van der Waals surface area (Å²) in [4.78, 5) is 24.0. The summed E-state index contributed by atoms with van der Waals surface area (Å²) in [7, 11) is 0. The molecule has 0 saturated heterocycles. The lowest BCUT2D eigenvalue weighted by Crippen LogP contribution is -2.25. The number of hydrogen-bond donors (Lipinski definition) is 2. The number of ether oxygens (including phenoxy) is 1. The molecule has 0 radical (unpaired) electrons. The zero-order valence-corrected chi connectivity index (χ0v) is 16.7. The Balaban J connectivity index is 1.54. The van der Waals surface area contributed by atoms with Crippen molar-refractivity contribution in [3.63, 3.8) is 0 Å². The number of hydrazone groups is 1. The van der Waals surface area contributed by atoms with E-state index in [1.807, 2.05) is 0 Å². The Labute approximate surface area is 176 Å². The Morgan fingerprint density at radius 1 is 0.966 bits per heavy atom. The molecule has 0 aliphatic rings. The van der Waals surface area contributed by atoms with Crippen LogP contribution in [0.4, 0.5) is 0 Å². The van der Waals surface area contributed by atoms with E-state index in [-0.39, 0.29) is 0 Å². The average Bonchev–Trinajstić information content (AvgIpc) is 2.75. The Morgan fingerprint density at radius 3 is 2.28 bits per heavy atom. The van der Waals surface area contributed by atoms with Gasteiger partial charge in [-0.15, -0.1) is 0 Å². The second-order valence-electron chi connectivity index (χ2n) is 6.01. The van der Waals surface area contributed by atoms with E-state index in [1.165, 1.54) is 6.21 Å². The van der Waals surface area contributed by atoms with E-state index in [9.17, 15) is 14.7 Å². The van der Waals surface area contributed by atoms with Crippen LogP contribution in [0, 0.1) is 0 Å². The molecule has 3 rings (SSSR count). The fraction of sp³-hybridized carbons (Fsp3) is 0.0455. The van der Waals surface area contributed by atoms with Gasteiger partial charge in [-0.3, -0.25) is 4.79 Å². The average molecular weight is 453 g/mol. The number of hydrogen-bond acceptors (Lipinski definition) is 5. The highest BCUT2D eigenvalue weighted by atomic mass is 79.9.